The van der Waals surface area contributed by atoms with Crippen molar-refractivity contribution in [3.63, 3.8) is 0 Å². The molecular formula is C26H26F5N5O. The Balaban J connectivity index is 1.36. The summed E-state index contributed by atoms with van der Waals surface area (Å²) in [6, 6.07) is 11.7. The van der Waals surface area contributed by atoms with E-state index in [9.17, 15) is 26.7 Å². The molecule has 0 aliphatic carbocycles. The lowest BCUT2D eigenvalue weighted by molar-refractivity contribution is -0.187. The molecule has 37 heavy (non-hydrogen) atoms. The minimum Gasteiger partial charge on any atom is -0.340 e. The Bertz CT molecular complexity index is 1260. The van der Waals surface area contributed by atoms with Gasteiger partial charge in [-0.1, -0.05) is 0 Å². The lowest BCUT2D eigenvalue weighted by atomic mass is 9.97. The van der Waals surface area contributed by atoms with Gasteiger partial charge in [0.25, 0.3) is 0 Å². The number of likely N-dealkylation sites (tertiary alicyclic amines) is 1. The minimum absolute atomic E-state index is 0.0706. The van der Waals surface area contributed by atoms with E-state index in [0.29, 0.717) is 54.6 Å². The van der Waals surface area contributed by atoms with E-state index >= 15 is 0 Å². The van der Waals surface area contributed by atoms with Gasteiger partial charge in [-0.3, -0.25) is 9.69 Å². The average molecular weight is 520 g/mol. The van der Waals surface area contributed by atoms with E-state index in [2.05, 4.69) is 5.32 Å². The number of anilines is 2. The largest absolute Gasteiger partial charge is 0.393 e. The van der Waals surface area contributed by atoms with Gasteiger partial charge >= 0.3 is 6.18 Å². The summed E-state index contributed by atoms with van der Waals surface area (Å²) in [6.45, 7) is 1.18. The van der Waals surface area contributed by atoms with Gasteiger partial charge in [0.2, 0.25) is 5.91 Å². The van der Waals surface area contributed by atoms with Crippen molar-refractivity contribution in [1.29, 1.82) is 0 Å². The molecule has 1 amide bonds. The Morgan fingerprint density at radius 3 is 2.32 bits per heavy atom. The van der Waals surface area contributed by atoms with Crippen LogP contribution in [0.5, 0.6) is 0 Å². The molecule has 1 saturated heterocycles. The number of carbonyl (C=O) groups is 1. The first-order valence-electron chi connectivity index (χ1n) is 12.1. The number of rotatable bonds is 5. The third kappa shape index (κ3) is 5.61. The Morgan fingerprint density at radius 2 is 1.65 bits per heavy atom. The number of nitrogens with zero attached hydrogens (tertiary/aromatic N) is 4. The van der Waals surface area contributed by atoms with Crippen molar-refractivity contribution in [3.05, 3.63) is 66.0 Å². The Hall–Kier alpha value is -3.47. The number of carbonyl (C=O) groups excluding carboxylic acids is 1. The summed E-state index contributed by atoms with van der Waals surface area (Å²) in [7, 11) is 0. The molecular weight excluding hydrogens is 493 g/mol. The fraction of sp³-hybridized carbons (Fsp3) is 0.385. The molecule has 0 radical (unpaired) electrons. The van der Waals surface area contributed by atoms with E-state index in [-0.39, 0.29) is 43.6 Å². The van der Waals surface area contributed by atoms with E-state index in [0.717, 1.165) is 0 Å². The summed E-state index contributed by atoms with van der Waals surface area (Å²) in [5.41, 5.74) is 1.85. The maximum atomic E-state index is 13.5. The van der Waals surface area contributed by atoms with Crippen molar-refractivity contribution in [3.8, 4) is 11.3 Å². The van der Waals surface area contributed by atoms with Crippen molar-refractivity contribution >= 4 is 17.4 Å². The van der Waals surface area contributed by atoms with E-state index in [1.165, 1.54) is 24.3 Å². The number of alkyl halides is 3. The Labute approximate surface area is 210 Å². The van der Waals surface area contributed by atoms with Crippen LogP contribution in [0.2, 0.25) is 0 Å². The maximum Gasteiger partial charge on any atom is 0.393 e. The predicted octanol–water partition coefficient (Wildman–Crippen LogP) is 5.19. The number of piperidine rings is 1. The molecule has 1 N–H and O–H groups in total. The summed E-state index contributed by atoms with van der Waals surface area (Å²) in [6.07, 6.45) is -3.77. The number of amides is 1. The second-order valence-corrected chi connectivity index (χ2v) is 9.45. The van der Waals surface area contributed by atoms with Gasteiger partial charge in [0, 0.05) is 30.9 Å². The fourth-order valence-electron chi connectivity index (χ4n) is 4.91. The van der Waals surface area contributed by atoms with Crippen LogP contribution in [0.25, 0.3) is 11.3 Å². The molecule has 2 aliphatic rings. The third-order valence-electron chi connectivity index (χ3n) is 6.88. The first-order valence-corrected chi connectivity index (χ1v) is 12.1. The van der Waals surface area contributed by atoms with Crippen molar-refractivity contribution in [2.45, 2.75) is 32.1 Å². The molecule has 1 unspecified atom stereocenters. The number of hydrogen-bond acceptors (Lipinski definition) is 4. The molecule has 0 spiro atoms. The third-order valence-corrected chi connectivity index (χ3v) is 6.88. The van der Waals surface area contributed by atoms with Gasteiger partial charge in [-0.15, -0.1) is 0 Å². The van der Waals surface area contributed by atoms with Crippen molar-refractivity contribution in [2.75, 3.05) is 31.5 Å². The molecule has 0 bridgehead atoms. The van der Waals surface area contributed by atoms with Crippen LogP contribution in [0, 0.1) is 17.6 Å². The Morgan fingerprint density at radius 1 is 0.973 bits per heavy atom. The number of nitrogens with one attached hydrogen (secondary N) is 1. The summed E-state index contributed by atoms with van der Waals surface area (Å²) in [4.78, 5) is 21.0. The molecule has 2 aromatic carbocycles. The number of benzene rings is 2. The molecule has 11 heteroatoms. The predicted molar refractivity (Wildman–Crippen MR) is 128 cm³/mol. The Kier molecular flexibility index (Phi) is 6.89. The van der Waals surface area contributed by atoms with Gasteiger partial charge in [-0.25, -0.2) is 13.8 Å². The highest BCUT2D eigenvalue weighted by molar-refractivity contribution is 5.79. The second-order valence-electron chi connectivity index (χ2n) is 9.45. The van der Waals surface area contributed by atoms with Crippen LogP contribution in [0.4, 0.5) is 33.5 Å². The van der Waals surface area contributed by atoms with Gasteiger partial charge in [0.15, 0.2) is 0 Å². The number of aromatic nitrogens is 2. The van der Waals surface area contributed by atoms with Crippen LogP contribution in [0.15, 0.2) is 48.5 Å². The van der Waals surface area contributed by atoms with Gasteiger partial charge in [0.1, 0.15) is 29.0 Å². The number of imidazole rings is 1. The summed E-state index contributed by atoms with van der Waals surface area (Å²) in [5, 5.41) is 3.27. The van der Waals surface area contributed by atoms with E-state index in [4.69, 9.17) is 4.98 Å². The second kappa shape index (κ2) is 10.1. The lowest BCUT2D eigenvalue weighted by Crippen LogP contribution is -2.48. The van der Waals surface area contributed by atoms with Gasteiger partial charge in [-0.05, 0) is 67.9 Å². The van der Waals surface area contributed by atoms with Crippen molar-refractivity contribution in [2.24, 2.45) is 5.92 Å². The molecule has 3 aromatic rings. The summed E-state index contributed by atoms with van der Waals surface area (Å²) >= 11 is 0. The van der Waals surface area contributed by atoms with Crippen LogP contribution in [-0.2, 0) is 17.9 Å². The van der Waals surface area contributed by atoms with Crippen LogP contribution in [0.3, 0.4) is 0 Å². The van der Waals surface area contributed by atoms with Gasteiger partial charge in [-0.2, -0.15) is 13.2 Å². The fourth-order valence-corrected chi connectivity index (χ4v) is 4.91. The molecule has 1 atom stereocenters. The van der Waals surface area contributed by atoms with Crippen LogP contribution < -0.4 is 5.32 Å². The molecule has 2 aliphatic heterocycles. The monoisotopic (exact) mass is 519 g/mol. The molecule has 3 heterocycles. The first-order chi connectivity index (χ1) is 17.7. The average Bonchev–Trinajstić information content (AvgIpc) is 3.23. The summed E-state index contributed by atoms with van der Waals surface area (Å²) in [5.74, 6) is -1.19. The van der Waals surface area contributed by atoms with Crippen molar-refractivity contribution in [1.82, 2.24) is 19.4 Å². The SMILES string of the molecule is O=C(CN1CCCC(C(F)(F)F)C1)N1CCn2c(nc(-c3ccc(F)cc3)c2Nc2ccc(F)cc2)C1. The lowest BCUT2D eigenvalue weighted by Gasteiger charge is -2.35. The molecule has 6 nitrogen and oxygen atoms in total. The zero-order chi connectivity index (χ0) is 26.2. The standard InChI is InChI=1S/C26H26F5N5O/c27-19-5-3-17(4-6-19)24-25(32-21-9-7-20(28)8-10-21)36-13-12-35(15-22(36)33-24)23(37)16-34-11-1-2-18(14-34)26(29,30)31/h3-10,18,32H,1-2,11-16H2. The maximum absolute atomic E-state index is 13.5. The van der Waals surface area contributed by atoms with Gasteiger partial charge < -0.3 is 14.8 Å². The number of hydrogen-bond donors (Lipinski definition) is 1. The quantitative estimate of drug-likeness (QED) is 0.472. The van der Waals surface area contributed by atoms with E-state index < -0.39 is 12.1 Å². The number of halogens is 5. The first kappa shape index (κ1) is 25.2. The topological polar surface area (TPSA) is 53.4 Å². The van der Waals surface area contributed by atoms with Crippen LogP contribution in [-0.4, -0.2) is 57.6 Å². The zero-order valence-corrected chi connectivity index (χ0v) is 19.9. The van der Waals surface area contributed by atoms with Crippen molar-refractivity contribution < 1.29 is 26.7 Å². The highest BCUT2D eigenvalue weighted by atomic mass is 19.4. The van der Waals surface area contributed by atoms with E-state index in [1.807, 2.05) is 4.57 Å². The normalized spacial score (nSPS) is 18.5. The van der Waals surface area contributed by atoms with Crippen LogP contribution >= 0.6 is 0 Å². The molecule has 196 valence electrons. The zero-order valence-electron chi connectivity index (χ0n) is 19.9. The summed E-state index contributed by atoms with van der Waals surface area (Å²) < 4.78 is 68.4. The van der Waals surface area contributed by atoms with Gasteiger partial charge in [0.05, 0.1) is 19.0 Å². The van der Waals surface area contributed by atoms with E-state index in [1.54, 1.807) is 34.1 Å². The molecule has 1 aromatic heterocycles. The molecule has 1 fully saturated rings. The highest BCUT2D eigenvalue weighted by Gasteiger charge is 2.42. The molecule has 0 saturated carbocycles. The highest BCUT2D eigenvalue weighted by Crippen LogP contribution is 2.35. The minimum atomic E-state index is -4.26. The number of fused-ring (bicyclic) bond motifs is 1. The smallest absolute Gasteiger partial charge is 0.340 e. The van der Waals surface area contributed by atoms with Crippen LogP contribution in [0.1, 0.15) is 18.7 Å². The molecule has 5 rings (SSSR count).